The molecule has 2 heterocycles. The third-order valence-electron chi connectivity index (χ3n) is 4.39. The molecule has 0 radical (unpaired) electrons. The number of amides is 2. The van der Waals surface area contributed by atoms with E-state index in [2.05, 4.69) is 26.0 Å². The van der Waals surface area contributed by atoms with Crippen molar-refractivity contribution in [1.29, 1.82) is 0 Å². The summed E-state index contributed by atoms with van der Waals surface area (Å²) >= 11 is 0. The van der Waals surface area contributed by atoms with Gasteiger partial charge in [0.15, 0.2) is 5.82 Å². The molecule has 0 aliphatic heterocycles. The lowest BCUT2D eigenvalue weighted by molar-refractivity contribution is -0.115. The number of carbonyl (C=O) groups is 2. The number of anilines is 1. The van der Waals surface area contributed by atoms with Gasteiger partial charge in [-0.3, -0.25) is 9.89 Å². The van der Waals surface area contributed by atoms with Gasteiger partial charge in [-0.2, -0.15) is 5.10 Å². The summed E-state index contributed by atoms with van der Waals surface area (Å²) in [6.07, 6.45) is 2.08. The van der Waals surface area contributed by atoms with E-state index >= 15 is 0 Å². The van der Waals surface area contributed by atoms with E-state index in [4.69, 9.17) is 9.26 Å². The van der Waals surface area contributed by atoms with Gasteiger partial charge in [0.25, 0.3) is 0 Å². The lowest BCUT2D eigenvalue weighted by atomic mass is 10.0. The third kappa shape index (κ3) is 5.32. The quantitative estimate of drug-likeness (QED) is 0.713. The van der Waals surface area contributed by atoms with Crippen LogP contribution in [0, 0.1) is 6.92 Å². The first-order chi connectivity index (χ1) is 12.9. The molecule has 1 aliphatic carbocycles. The molecule has 146 valence electrons. The van der Waals surface area contributed by atoms with E-state index in [0.29, 0.717) is 17.3 Å². The summed E-state index contributed by atoms with van der Waals surface area (Å²) in [6, 6.07) is 3.60. The van der Waals surface area contributed by atoms with Gasteiger partial charge in [-0.15, -0.1) is 0 Å². The van der Waals surface area contributed by atoms with Crippen LogP contribution in [0.1, 0.15) is 56.2 Å². The topological polar surface area (TPSA) is 122 Å². The Morgan fingerprint density at radius 2 is 2.19 bits per heavy atom. The number of hydrogen-bond donors (Lipinski definition) is 3. The molecule has 0 unspecified atom stereocenters. The van der Waals surface area contributed by atoms with Gasteiger partial charge in [-0.1, -0.05) is 5.16 Å². The second kappa shape index (κ2) is 8.24. The molecule has 2 aromatic rings. The van der Waals surface area contributed by atoms with E-state index < -0.39 is 0 Å². The fraction of sp³-hybridized carbons (Fsp3) is 0.556. The first kappa shape index (κ1) is 18.9. The Hall–Kier alpha value is -2.84. The van der Waals surface area contributed by atoms with Crippen LogP contribution in [-0.4, -0.2) is 39.5 Å². The first-order valence-electron chi connectivity index (χ1n) is 9.13. The molecule has 9 heteroatoms. The number of aromatic nitrogens is 3. The Balaban J connectivity index is 1.49. The molecule has 1 saturated carbocycles. The lowest BCUT2D eigenvalue weighted by Gasteiger charge is -2.14. The molecular formula is C18H25N5O4. The van der Waals surface area contributed by atoms with Gasteiger partial charge < -0.3 is 19.9 Å². The maximum absolute atomic E-state index is 12.1. The molecule has 2 atom stereocenters. The number of nitrogens with zero attached hydrogens (tertiary/aromatic N) is 2. The average Bonchev–Trinajstić information content (AvgIpc) is 3.28. The number of carbonyl (C=O) groups excluding carboxylic acids is 2. The summed E-state index contributed by atoms with van der Waals surface area (Å²) in [4.78, 5) is 23.8. The van der Waals surface area contributed by atoms with Crippen LogP contribution in [-0.2, 0) is 16.0 Å². The van der Waals surface area contributed by atoms with Gasteiger partial charge in [0, 0.05) is 29.8 Å². The van der Waals surface area contributed by atoms with E-state index in [1.54, 1.807) is 13.0 Å². The molecule has 1 aliphatic rings. The van der Waals surface area contributed by atoms with Gasteiger partial charge in [-0.05, 0) is 40.0 Å². The SMILES string of the molecule is Cc1cc(CC(=O)Nc2cc([C@@H]3CC[C@H](OC(=O)NC(C)C)C3)[nH]n2)no1. The molecule has 0 aromatic carbocycles. The average molecular weight is 375 g/mol. The van der Waals surface area contributed by atoms with Crippen molar-refractivity contribution in [2.45, 2.75) is 64.5 Å². The highest BCUT2D eigenvalue weighted by Crippen LogP contribution is 2.35. The molecule has 9 nitrogen and oxygen atoms in total. The maximum Gasteiger partial charge on any atom is 0.407 e. The zero-order valence-electron chi connectivity index (χ0n) is 15.7. The molecule has 0 spiro atoms. The van der Waals surface area contributed by atoms with Crippen LogP contribution in [0.15, 0.2) is 16.7 Å². The van der Waals surface area contributed by atoms with Crippen LogP contribution in [0.5, 0.6) is 0 Å². The molecule has 2 amide bonds. The lowest BCUT2D eigenvalue weighted by Crippen LogP contribution is -2.33. The predicted octanol–water partition coefficient (Wildman–Crippen LogP) is 2.66. The van der Waals surface area contributed by atoms with Crippen LogP contribution in [0.2, 0.25) is 0 Å². The van der Waals surface area contributed by atoms with Crippen molar-refractivity contribution in [3.05, 3.63) is 29.3 Å². The second-order valence-corrected chi connectivity index (χ2v) is 7.20. The van der Waals surface area contributed by atoms with Gasteiger partial charge in [0.1, 0.15) is 11.9 Å². The van der Waals surface area contributed by atoms with E-state index in [-0.39, 0.29) is 36.5 Å². The fourth-order valence-corrected chi connectivity index (χ4v) is 3.21. The molecule has 3 N–H and O–H groups in total. The Morgan fingerprint density at radius 3 is 2.89 bits per heavy atom. The minimum Gasteiger partial charge on any atom is -0.446 e. The van der Waals surface area contributed by atoms with E-state index in [1.165, 1.54) is 0 Å². The Morgan fingerprint density at radius 1 is 1.37 bits per heavy atom. The fourth-order valence-electron chi connectivity index (χ4n) is 3.21. The Bertz CT molecular complexity index is 797. The number of alkyl carbamates (subject to hydrolysis) is 1. The standard InChI is InChI=1S/C18H25N5O4/c1-10(2)19-18(25)26-14-5-4-12(7-14)15-9-16(22-21-15)20-17(24)8-13-6-11(3)27-23-13/h6,9-10,12,14H,4-5,7-8H2,1-3H3,(H,19,25)(H2,20,21,22,24)/t12-,14+/m1/s1. The smallest absolute Gasteiger partial charge is 0.407 e. The molecule has 27 heavy (non-hydrogen) atoms. The van der Waals surface area contributed by atoms with Gasteiger partial charge >= 0.3 is 6.09 Å². The summed E-state index contributed by atoms with van der Waals surface area (Å²) in [5.74, 6) is 1.15. The van der Waals surface area contributed by atoms with Crippen molar-refractivity contribution in [3.63, 3.8) is 0 Å². The minimum atomic E-state index is -0.378. The largest absolute Gasteiger partial charge is 0.446 e. The Kier molecular flexibility index (Phi) is 5.78. The molecule has 0 saturated heterocycles. The first-order valence-corrected chi connectivity index (χ1v) is 9.13. The summed E-state index contributed by atoms with van der Waals surface area (Å²) in [6.45, 7) is 5.56. The number of rotatable bonds is 6. The van der Waals surface area contributed by atoms with Crippen molar-refractivity contribution in [1.82, 2.24) is 20.7 Å². The van der Waals surface area contributed by atoms with Crippen LogP contribution < -0.4 is 10.6 Å². The highest BCUT2D eigenvalue weighted by Gasteiger charge is 2.30. The van der Waals surface area contributed by atoms with Crippen molar-refractivity contribution in [2.75, 3.05) is 5.32 Å². The van der Waals surface area contributed by atoms with Crippen molar-refractivity contribution >= 4 is 17.8 Å². The molecule has 0 bridgehead atoms. The van der Waals surface area contributed by atoms with Crippen LogP contribution in [0.25, 0.3) is 0 Å². The van der Waals surface area contributed by atoms with Crippen LogP contribution in [0.3, 0.4) is 0 Å². The molecule has 2 aromatic heterocycles. The second-order valence-electron chi connectivity index (χ2n) is 7.20. The maximum atomic E-state index is 12.1. The zero-order chi connectivity index (χ0) is 19.4. The molecular weight excluding hydrogens is 350 g/mol. The van der Waals surface area contributed by atoms with E-state index in [1.807, 2.05) is 19.9 Å². The van der Waals surface area contributed by atoms with Gasteiger partial charge in [0.05, 0.1) is 12.1 Å². The number of hydrogen-bond acceptors (Lipinski definition) is 6. The third-order valence-corrected chi connectivity index (χ3v) is 4.39. The zero-order valence-corrected chi connectivity index (χ0v) is 15.7. The highest BCUT2D eigenvalue weighted by molar-refractivity contribution is 5.91. The minimum absolute atomic E-state index is 0.0506. The molecule has 1 fully saturated rings. The molecule has 3 rings (SSSR count). The number of aryl methyl sites for hydroxylation is 1. The number of ether oxygens (including phenoxy) is 1. The number of nitrogens with one attached hydrogen (secondary N) is 3. The summed E-state index contributed by atoms with van der Waals surface area (Å²) < 4.78 is 10.4. The predicted molar refractivity (Wildman–Crippen MR) is 97.3 cm³/mol. The van der Waals surface area contributed by atoms with Crippen molar-refractivity contribution in [2.24, 2.45) is 0 Å². The Labute approximate surface area is 157 Å². The normalized spacial score (nSPS) is 19.3. The van der Waals surface area contributed by atoms with Crippen molar-refractivity contribution < 1.29 is 18.8 Å². The van der Waals surface area contributed by atoms with E-state index in [9.17, 15) is 9.59 Å². The summed E-state index contributed by atoms with van der Waals surface area (Å²) in [5.41, 5.74) is 1.51. The highest BCUT2D eigenvalue weighted by atomic mass is 16.6. The summed E-state index contributed by atoms with van der Waals surface area (Å²) in [5, 5.41) is 16.4. The van der Waals surface area contributed by atoms with Crippen LogP contribution in [0.4, 0.5) is 10.6 Å². The van der Waals surface area contributed by atoms with Gasteiger partial charge in [0.2, 0.25) is 5.91 Å². The summed E-state index contributed by atoms with van der Waals surface area (Å²) in [7, 11) is 0. The van der Waals surface area contributed by atoms with Crippen LogP contribution >= 0.6 is 0 Å². The van der Waals surface area contributed by atoms with Crippen molar-refractivity contribution in [3.8, 4) is 0 Å². The van der Waals surface area contributed by atoms with E-state index in [0.717, 1.165) is 25.0 Å². The number of H-pyrrole nitrogens is 1. The monoisotopic (exact) mass is 375 g/mol. The number of aromatic amines is 1. The van der Waals surface area contributed by atoms with Gasteiger partial charge in [-0.25, -0.2) is 4.79 Å².